The van der Waals surface area contributed by atoms with Crippen LogP contribution in [0.3, 0.4) is 0 Å². The highest BCUT2D eigenvalue weighted by Crippen LogP contribution is 2.26. The summed E-state index contributed by atoms with van der Waals surface area (Å²) in [4.78, 5) is 4.36. The van der Waals surface area contributed by atoms with Crippen molar-refractivity contribution >= 4 is 39.9 Å². The summed E-state index contributed by atoms with van der Waals surface area (Å²) in [6, 6.07) is 6.26. The van der Waals surface area contributed by atoms with Gasteiger partial charge in [-0.2, -0.15) is 0 Å². The summed E-state index contributed by atoms with van der Waals surface area (Å²) < 4.78 is 2.00. The van der Waals surface area contributed by atoms with Crippen LogP contribution in [0.25, 0.3) is 10.2 Å². The molecular formula is C12H17N3S2. The van der Waals surface area contributed by atoms with Crippen LogP contribution >= 0.6 is 24.0 Å². The van der Waals surface area contributed by atoms with Crippen molar-refractivity contribution in [1.82, 2.24) is 4.98 Å². The molecule has 0 aliphatic heterocycles. The van der Waals surface area contributed by atoms with Crippen LogP contribution in [0.15, 0.2) is 22.5 Å². The molecule has 0 radical (unpaired) electrons. The fraction of sp³-hybridized carbons (Fsp3) is 0.417. The Kier molecular flexibility index (Phi) is 4.65. The van der Waals surface area contributed by atoms with Crippen LogP contribution in [-0.2, 0) is 0 Å². The summed E-state index contributed by atoms with van der Waals surface area (Å²) in [6.45, 7) is 1.78. The number of thiazole rings is 1. The molecule has 1 aromatic heterocycles. The SMILES string of the molecule is NCCCCCNc1ccc2sc(S)nc2c1. The van der Waals surface area contributed by atoms with Crippen molar-refractivity contribution in [3.63, 3.8) is 0 Å². The average molecular weight is 267 g/mol. The molecule has 92 valence electrons. The van der Waals surface area contributed by atoms with E-state index in [0.29, 0.717) is 0 Å². The second-order valence-electron chi connectivity index (χ2n) is 3.96. The van der Waals surface area contributed by atoms with Gasteiger partial charge >= 0.3 is 0 Å². The number of nitrogens with zero attached hydrogens (tertiary/aromatic N) is 1. The third kappa shape index (κ3) is 3.59. The molecule has 0 aliphatic rings. The standard InChI is InChI=1S/C12H17N3S2/c13-6-2-1-3-7-14-9-4-5-11-10(8-9)15-12(16)17-11/h4-5,8,14H,1-3,6-7,13H2,(H,15,16). The van der Waals surface area contributed by atoms with E-state index in [1.807, 2.05) is 0 Å². The number of hydrogen-bond donors (Lipinski definition) is 3. The minimum atomic E-state index is 0.787. The fourth-order valence-electron chi connectivity index (χ4n) is 1.70. The number of unbranched alkanes of at least 4 members (excludes halogenated alkanes) is 2. The number of aromatic nitrogens is 1. The van der Waals surface area contributed by atoms with E-state index in [9.17, 15) is 0 Å². The number of nitrogens with two attached hydrogens (primary N) is 1. The van der Waals surface area contributed by atoms with Gasteiger partial charge in [0, 0.05) is 12.2 Å². The van der Waals surface area contributed by atoms with E-state index >= 15 is 0 Å². The molecule has 1 aromatic carbocycles. The molecule has 2 aromatic rings. The van der Waals surface area contributed by atoms with Crippen molar-refractivity contribution in [2.45, 2.75) is 23.6 Å². The zero-order valence-electron chi connectivity index (χ0n) is 9.65. The first-order chi connectivity index (χ1) is 8.29. The van der Waals surface area contributed by atoms with Crippen LogP contribution in [0, 0.1) is 0 Å². The number of thiol groups is 1. The summed E-state index contributed by atoms with van der Waals surface area (Å²) >= 11 is 5.87. The van der Waals surface area contributed by atoms with E-state index in [4.69, 9.17) is 5.73 Å². The number of anilines is 1. The molecule has 1 heterocycles. The van der Waals surface area contributed by atoms with Gasteiger partial charge < -0.3 is 11.1 Å². The van der Waals surface area contributed by atoms with Gasteiger partial charge in [0.15, 0.2) is 0 Å². The maximum Gasteiger partial charge on any atom is 0.148 e. The lowest BCUT2D eigenvalue weighted by atomic mass is 10.2. The predicted octanol–water partition coefficient (Wildman–Crippen LogP) is 3.13. The van der Waals surface area contributed by atoms with E-state index in [1.165, 1.54) is 11.1 Å². The largest absolute Gasteiger partial charge is 0.385 e. The molecule has 0 saturated heterocycles. The van der Waals surface area contributed by atoms with Crippen LogP contribution < -0.4 is 11.1 Å². The Balaban J connectivity index is 1.90. The van der Waals surface area contributed by atoms with Crippen LogP contribution in [0.2, 0.25) is 0 Å². The monoisotopic (exact) mass is 267 g/mol. The van der Waals surface area contributed by atoms with E-state index < -0.39 is 0 Å². The molecule has 5 heteroatoms. The Hall–Kier alpha value is -0.780. The number of hydrogen-bond acceptors (Lipinski definition) is 5. The second-order valence-corrected chi connectivity index (χ2v) is 5.71. The minimum Gasteiger partial charge on any atom is -0.385 e. The maximum absolute atomic E-state index is 5.45. The minimum absolute atomic E-state index is 0.787. The Morgan fingerprint density at radius 3 is 3.00 bits per heavy atom. The molecule has 0 amide bonds. The first-order valence-corrected chi connectivity index (χ1v) is 7.09. The molecule has 17 heavy (non-hydrogen) atoms. The van der Waals surface area contributed by atoms with Crippen LogP contribution in [-0.4, -0.2) is 18.1 Å². The number of benzene rings is 1. The molecule has 3 N–H and O–H groups in total. The van der Waals surface area contributed by atoms with Gasteiger partial charge in [0.25, 0.3) is 0 Å². The number of rotatable bonds is 6. The van der Waals surface area contributed by atoms with Crippen molar-refractivity contribution in [2.75, 3.05) is 18.4 Å². The van der Waals surface area contributed by atoms with E-state index in [2.05, 4.69) is 41.1 Å². The summed E-state index contributed by atoms with van der Waals surface area (Å²) in [5.74, 6) is 0. The Bertz CT molecular complexity index is 482. The highest BCUT2D eigenvalue weighted by molar-refractivity contribution is 7.82. The van der Waals surface area contributed by atoms with Gasteiger partial charge in [0.05, 0.1) is 10.2 Å². The molecule has 3 nitrogen and oxygen atoms in total. The van der Waals surface area contributed by atoms with Crippen molar-refractivity contribution in [2.24, 2.45) is 5.73 Å². The van der Waals surface area contributed by atoms with Gasteiger partial charge in [0.2, 0.25) is 0 Å². The van der Waals surface area contributed by atoms with E-state index in [-0.39, 0.29) is 0 Å². The third-order valence-corrected chi connectivity index (χ3v) is 3.80. The zero-order chi connectivity index (χ0) is 12.1. The van der Waals surface area contributed by atoms with Crippen LogP contribution in [0.1, 0.15) is 19.3 Å². The van der Waals surface area contributed by atoms with Gasteiger partial charge in [-0.15, -0.1) is 24.0 Å². The third-order valence-electron chi connectivity index (χ3n) is 2.59. The molecular weight excluding hydrogens is 250 g/mol. The van der Waals surface area contributed by atoms with Gasteiger partial charge in [-0.1, -0.05) is 6.42 Å². The van der Waals surface area contributed by atoms with Gasteiger partial charge in [-0.3, -0.25) is 0 Å². The zero-order valence-corrected chi connectivity index (χ0v) is 11.4. The normalized spacial score (nSPS) is 10.9. The highest BCUT2D eigenvalue weighted by atomic mass is 32.2. The highest BCUT2D eigenvalue weighted by Gasteiger charge is 2.01. The Morgan fingerprint density at radius 1 is 1.29 bits per heavy atom. The first kappa shape index (κ1) is 12.7. The van der Waals surface area contributed by atoms with Crippen molar-refractivity contribution < 1.29 is 0 Å². The molecule has 0 fully saturated rings. The lowest BCUT2D eigenvalue weighted by Gasteiger charge is -2.05. The molecule has 2 rings (SSSR count). The fourth-order valence-corrected chi connectivity index (χ4v) is 2.79. The van der Waals surface area contributed by atoms with Crippen molar-refractivity contribution in [3.05, 3.63) is 18.2 Å². The molecule has 0 spiro atoms. The average Bonchev–Trinajstić information content (AvgIpc) is 2.68. The van der Waals surface area contributed by atoms with E-state index in [1.54, 1.807) is 11.3 Å². The summed E-state index contributed by atoms with van der Waals surface area (Å²) in [6.07, 6.45) is 3.45. The lowest BCUT2D eigenvalue weighted by Crippen LogP contribution is -2.03. The van der Waals surface area contributed by atoms with Gasteiger partial charge in [0.1, 0.15) is 4.34 Å². The smallest absolute Gasteiger partial charge is 0.148 e. The molecule has 0 atom stereocenters. The summed E-state index contributed by atoms with van der Waals surface area (Å²) in [7, 11) is 0. The number of fused-ring (bicyclic) bond motifs is 1. The Morgan fingerprint density at radius 2 is 2.18 bits per heavy atom. The number of nitrogens with one attached hydrogen (secondary N) is 1. The first-order valence-electron chi connectivity index (χ1n) is 5.83. The molecule has 0 saturated carbocycles. The maximum atomic E-state index is 5.45. The quantitative estimate of drug-likeness (QED) is 0.557. The molecule has 0 bridgehead atoms. The Labute approximate surface area is 111 Å². The summed E-state index contributed by atoms with van der Waals surface area (Å²) in [5.41, 5.74) is 7.60. The van der Waals surface area contributed by atoms with Crippen molar-refractivity contribution in [1.29, 1.82) is 0 Å². The second kappa shape index (κ2) is 6.23. The van der Waals surface area contributed by atoms with E-state index in [0.717, 1.165) is 41.5 Å². The van der Waals surface area contributed by atoms with Crippen LogP contribution in [0.4, 0.5) is 5.69 Å². The summed E-state index contributed by atoms with van der Waals surface area (Å²) in [5, 5.41) is 3.40. The predicted molar refractivity (Wildman–Crippen MR) is 78.3 cm³/mol. The van der Waals surface area contributed by atoms with Gasteiger partial charge in [-0.05, 0) is 37.6 Å². The topological polar surface area (TPSA) is 50.9 Å². The molecule has 0 aliphatic carbocycles. The molecule has 0 unspecified atom stereocenters. The van der Waals surface area contributed by atoms with Crippen molar-refractivity contribution in [3.8, 4) is 0 Å². The van der Waals surface area contributed by atoms with Gasteiger partial charge in [-0.25, -0.2) is 4.98 Å². The lowest BCUT2D eigenvalue weighted by molar-refractivity contribution is 0.707. The van der Waals surface area contributed by atoms with Crippen LogP contribution in [0.5, 0.6) is 0 Å².